The summed E-state index contributed by atoms with van der Waals surface area (Å²) in [6.07, 6.45) is 5.05. The summed E-state index contributed by atoms with van der Waals surface area (Å²) < 4.78 is 5.62. The number of aromatic nitrogens is 1. The predicted molar refractivity (Wildman–Crippen MR) is 69.1 cm³/mol. The highest BCUT2D eigenvalue weighted by molar-refractivity contribution is 5.20. The SMILES string of the molecule is c1ccc(OCCCCc2ccccn2)cc1. The molecule has 1 aromatic heterocycles. The molecule has 0 aliphatic carbocycles. The van der Waals surface area contributed by atoms with Crippen molar-refractivity contribution in [2.75, 3.05) is 6.61 Å². The van der Waals surface area contributed by atoms with Crippen molar-refractivity contribution < 1.29 is 4.74 Å². The van der Waals surface area contributed by atoms with Crippen LogP contribution in [0.1, 0.15) is 18.5 Å². The van der Waals surface area contributed by atoms with E-state index in [-0.39, 0.29) is 0 Å². The van der Waals surface area contributed by atoms with E-state index in [4.69, 9.17) is 4.74 Å². The van der Waals surface area contributed by atoms with Crippen LogP contribution in [0.2, 0.25) is 0 Å². The van der Waals surface area contributed by atoms with E-state index >= 15 is 0 Å². The number of pyridine rings is 1. The van der Waals surface area contributed by atoms with Crippen LogP contribution in [0.25, 0.3) is 0 Å². The summed E-state index contributed by atoms with van der Waals surface area (Å²) >= 11 is 0. The number of ether oxygens (including phenoxy) is 1. The van der Waals surface area contributed by atoms with Gasteiger partial charge in [0, 0.05) is 11.9 Å². The maximum Gasteiger partial charge on any atom is 0.119 e. The van der Waals surface area contributed by atoms with E-state index in [1.807, 2.05) is 48.7 Å². The van der Waals surface area contributed by atoms with Crippen molar-refractivity contribution in [3.8, 4) is 5.75 Å². The van der Waals surface area contributed by atoms with E-state index < -0.39 is 0 Å². The molecule has 0 radical (unpaired) electrons. The Morgan fingerprint density at radius 2 is 1.71 bits per heavy atom. The Labute approximate surface area is 102 Å². The van der Waals surface area contributed by atoms with Crippen LogP contribution >= 0.6 is 0 Å². The van der Waals surface area contributed by atoms with Gasteiger partial charge in [0.1, 0.15) is 5.75 Å². The fraction of sp³-hybridized carbons (Fsp3) is 0.267. The molecule has 0 bridgehead atoms. The van der Waals surface area contributed by atoms with E-state index in [1.165, 1.54) is 0 Å². The van der Waals surface area contributed by atoms with Crippen LogP contribution in [-0.4, -0.2) is 11.6 Å². The molecule has 88 valence electrons. The quantitative estimate of drug-likeness (QED) is 0.705. The number of hydrogen-bond acceptors (Lipinski definition) is 2. The average molecular weight is 227 g/mol. The Hall–Kier alpha value is -1.83. The lowest BCUT2D eigenvalue weighted by Gasteiger charge is -2.05. The van der Waals surface area contributed by atoms with E-state index in [0.29, 0.717) is 0 Å². The van der Waals surface area contributed by atoms with Gasteiger partial charge >= 0.3 is 0 Å². The largest absolute Gasteiger partial charge is 0.494 e. The van der Waals surface area contributed by atoms with E-state index in [9.17, 15) is 0 Å². The number of rotatable bonds is 6. The van der Waals surface area contributed by atoms with E-state index in [0.717, 1.165) is 37.3 Å². The molecule has 1 aromatic carbocycles. The number of hydrogen-bond donors (Lipinski definition) is 0. The summed E-state index contributed by atoms with van der Waals surface area (Å²) in [5.74, 6) is 0.949. The Kier molecular flexibility index (Phi) is 4.58. The predicted octanol–water partition coefficient (Wildman–Crippen LogP) is 3.48. The fourth-order valence-electron chi connectivity index (χ4n) is 1.66. The lowest BCUT2D eigenvalue weighted by Crippen LogP contribution is -1.98. The molecule has 0 spiro atoms. The summed E-state index contributed by atoms with van der Waals surface area (Å²) in [6.45, 7) is 0.775. The Morgan fingerprint density at radius 3 is 2.47 bits per heavy atom. The second kappa shape index (κ2) is 6.69. The molecular formula is C15H17NO. The van der Waals surface area contributed by atoms with Gasteiger partial charge in [-0.15, -0.1) is 0 Å². The van der Waals surface area contributed by atoms with Crippen LogP contribution in [0.15, 0.2) is 54.7 Å². The molecule has 2 aromatic rings. The minimum Gasteiger partial charge on any atom is -0.494 e. The van der Waals surface area contributed by atoms with Gasteiger partial charge in [0.2, 0.25) is 0 Å². The third kappa shape index (κ3) is 4.27. The number of benzene rings is 1. The number of para-hydroxylation sites is 1. The Bertz CT molecular complexity index is 372. The molecule has 0 unspecified atom stereocenters. The van der Waals surface area contributed by atoms with Gasteiger partial charge in [-0.2, -0.15) is 0 Å². The van der Waals surface area contributed by atoms with Gasteiger partial charge < -0.3 is 4.74 Å². The summed E-state index contributed by atoms with van der Waals surface area (Å²) in [5.41, 5.74) is 1.16. The van der Waals surface area contributed by atoms with Crippen molar-refractivity contribution in [2.45, 2.75) is 19.3 Å². The molecule has 17 heavy (non-hydrogen) atoms. The van der Waals surface area contributed by atoms with Gasteiger partial charge in [0.05, 0.1) is 6.61 Å². The first-order valence-corrected chi connectivity index (χ1v) is 6.03. The highest BCUT2D eigenvalue weighted by Gasteiger charge is 1.95. The molecule has 0 saturated carbocycles. The molecule has 0 aliphatic rings. The molecule has 0 saturated heterocycles. The van der Waals surface area contributed by atoms with Crippen LogP contribution in [0, 0.1) is 0 Å². The highest BCUT2D eigenvalue weighted by Crippen LogP contribution is 2.09. The summed E-state index contributed by atoms with van der Waals surface area (Å²) in [5, 5.41) is 0. The molecule has 2 nitrogen and oxygen atoms in total. The zero-order valence-electron chi connectivity index (χ0n) is 9.88. The van der Waals surface area contributed by atoms with Gasteiger partial charge in [0.25, 0.3) is 0 Å². The van der Waals surface area contributed by atoms with Gasteiger partial charge in [-0.1, -0.05) is 24.3 Å². The van der Waals surface area contributed by atoms with Gasteiger partial charge in [0.15, 0.2) is 0 Å². The third-order valence-corrected chi connectivity index (χ3v) is 2.57. The Morgan fingerprint density at radius 1 is 0.882 bits per heavy atom. The van der Waals surface area contributed by atoms with Gasteiger partial charge in [-0.25, -0.2) is 0 Å². The highest BCUT2D eigenvalue weighted by atomic mass is 16.5. The fourth-order valence-corrected chi connectivity index (χ4v) is 1.66. The van der Waals surface area contributed by atoms with E-state index in [2.05, 4.69) is 11.1 Å². The second-order valence-electron chi connectivity index (χ2n) is 3.94. The molecule has 2 rings (SSSR count). The molecule has 1 heterocycles. The van der Waals surface area contributed by atoms with Crippen molar-refractivity contribution in [1.29, 1.82) is 0 Å². The summed E-state index contributed by atoms with van der Waals surface area (Å²) in [4.78, 5) is 4.29. The molecule has 0 aliphatic heterocycles. The van der Waals surface area contributed by atoms with Crippen molar-refractivity contribution in [1.82, 2.24) is 4.98 Å². The van der Waals surface area contributed by atoms with E-state index in [1.54, 1.807) is 0 Å². The first kappa shape index (κ1) is 11.6. The molecular weight excluding hydrogens is 210 g/mol. The number of unbranched alkanes of at least 4 members (excludes halogenated alkanes) is 1. The van der Waals surface area contributed by atoms with Crippen molar-refractivity contribution in [3.63, 3.8) is 0 Å². The second-order valence-corrected chi connectivity index (χ2v) is 3.94. The first-order valence-electron chi connectivity index (χ1n) is 6.03. The maximum atomic E-state index is 5.62. The topological polar surface area (TPSA) is 22.1 Å². The lowest BCUT2D eigenvalue weighted by molar-refractivity contribution is 0.307. The standard InChI is InChI=1S/C15H17NO/c1-2-10-15(11-3-1)17-13-7-5-9-14-8-4-6-12-16-14/h1-4,6,8,10-12H,5,7,9,13H2. The monoisotopic (exact) mass is 227 g/mol. The minimum atomic E-state index is 0.775. The number of aryl methyl sites for hydroxylation is 1. The van der Waals surface area contributed by atoms with Crippen LogP contribution < -0.4 is 4.74 Å². The first-order chi connectivity index (χ1) is 8.45. The van der Waals surface area contributed by atoms with Crippen molar-refractivity contribution in [2.24, 2.45) is 0 Å². The van der Waals surface area contributed by atoms with Crippen LogP contribution in [0.3, 0.4) is 0 Å². The summed E-state index contributed by atoms with van der Waals surface area (Å²) in [6, 6.07) is 16.0. The maximum absolute atomic E-state index is 5.62. The van der Waals surface area contributed by atoms with Gasteiger partial charge in [-0.05, 0) is 43.5 Å². The zero-order valence-corrected chi connectivity index (χ0v) is 9.88. The minimum absolute atomic E-state index is 0.775. The molecule has 0 atom stereocenters. The molecule has 2 heteroatoms. The normalized spacial score (nSPS) is 10.1. The molecule has 0 amide bonds. The van der Waals surface area contributed by atoms with Crippen molar-refractivity contribution in [3.05, 3.63) is 60.4 Å². The van der Waals surface area contributed by atoms with Crippen LogP contribution in [0.5, 0.6) is 5.75 Å². The summed E-state index contributed by atoms with van der Waals surface area (Å²) in [7, 11) is 0. The zero-order chi connectivity index (χ0) is 11.8. The smallest absolute Gasteiger partial charge is 0.119 e. The average Bonchev–Trinajstić information content (AvgIpc) is 2.41. The molecule has 0 fully saturated rings. The lowest BCUT2D eigenvalue weighted by atomic mass is 10.2. The van der Waals surface area contributed by atoms with Gasteiger partial charge in [-0.3, -0.25) is 4.98 Å². The van der Waals surface area contributed by atoms with Crippen molar-refractivity contribution >= 4 is 0 Å². The third-order valence-electron chi connectivity index (χ3n) is 2.57. The molecule has 0 N–H and O–H groups in total. The van der Waals surface area contributed by atoms with Crippen LogP contribution in [0.4, 0.5) is 0 Å². The Balaban J connectivity index is 1.61. The number of nitrogens with zero attached hydrogens (tertiary/aromatic N) is 1. The van der Waals surface area contributed by atoms with Crippen LogP contribution in [-0.2, 0) is 6.42 Å².